The van der Waals surface area contributed by atoms with Crippen LogP contribution in [0.25, 0.3) is 5.69 Å². The molecule has 0 bridgehead atoms. The maximum Gasteiger partial charge on any atom is 0.250 e. The van der Waals surface area contributed by atoms with Crippen LogP contribution in [0.2, 0.25) is 0 Å². The van der Waals surface area contributed by atoms with E-state index in [0.717, 1.165) is 29.1 Å². The van der Waals surface area contributed by atoms with E-state index in [1.54, 1.807) is 13.2 Å². The van der Waals surface area contributed by atoms with Gasteiger partial charge in [-0.25, -0.2) is 0 Å². The second kappa shape index (κ2) is 7.43. The number of primary amides is 1. The number of benzene rings is 1. The topological polar surface area (TPSA) is 86.3 Å². The molecule has 0 spiro atoms. The van der Waals surface area contributed by atoms with Crippen molar-refractivity contribution in [2.24, 2.45) is 11.1 Å². The number of aryl methyl sites for hydroxylation is 1. The number of Topliss-reactive ketones (excluding diaryl/α,β-unsaturated/α-hetero) is 1. The third kappa shape index (κ3) is 3.83. The first kappa shape index (κ1) is 20.1. The van der Waals surface area contributed by atoms with Crippen LogP contribution in [0, 0.1) is 12.3 Å². The molecule has 1 atom stereocenters. The van der Waals surface area contributed by atoms with Crippen LogP contribution in [0.5, 0.6) is 0 Å². The van der Waals surface area contributed by atoms with Gasteiger partial charge in [0, 0.05) is 48.4 Å². The molecular formula is C22H29N3O3. The van der Waals surface area contributed by atoms with Gasteiger partial charge in [-0.2, -0.15) is 0 Å². The van der Waals surface area contributed by atoms with Crippen LogP contribution < -0.4 is 11.1 Å². The van der Waals surface area contributed by atoms with Gasteiger partial charge in [0.1, 0.15) is 0 Å². The quantitative estimate of drug-likeness (QED) is 0.799. The third-order valence-electron chi connectivity index (χ3n) is 5.38. The van der Waals surface area contributed by atoms with Crippen LogP contribution in [0.4, 0.5) is 5.69 Å². The van der Waals surface area contributed by atoms with Crippen LogP contribution >= 0.6 is 0 Å². The summed E-state index contributed by atoms with van der Waals surface area (Å²) in [4.78, 5) is 24.5. The number of rotatable bonds is 6. The number of nitrogens with two attached hydrogens (primary N) is 1. The number of carbonyl (C=O) groups excluding carboxylic acids is 2. The highest BCUT2D eigenvalue weighted by molar-refractivity contribution is 6.00. The number of methoxy groups -OCH3 is 1. The molecule has 1 amide bonds. The van der Waals surface area contributed by atoms with Gasteiger partial charge in [-0.1, -0.05) is 13.8 Å². The van der Waals surface area contributed by atoms with Crippen molar-refractivity contribution in [3.63, 3.8) is 0 Å². The average molecular weight is 383 g/mol. The van der Waals surface area contributed by atoms with E-state index < -0.39 is 5.91 Å². The molecule has 3 N–H and O–H groups in total. The summed E-state index contributed by atoms with van der Waals surface area (Å²) in [7, 11) is 1.64. The van der Waals surface area contributed by atoms with Crippen molar-refractivity contribution >= 4 is 17.4 Å². The molecule has 1 aliphatic rings. The minimum Gasteiger partial charge on any atom is -0.382 e. The summed E-state index contributed by atoms with van der Waals surface area (Å²) in [6.07, 6.45) is 1.37. The number of hydrogen-bond acceptors (Lipinski definition) is 4. The Kier molecular flexibility index (Phi) is 5.35. The van der Waals surface area contributed by atoms with E-state index in [4.69, 9.17) is 10.5 Å². The van der Waals surface area contributed by atoms with Crippen molar-refractivity contribution < 1.29 is 14.3 Å². The molecule has 1 aliphatic carbocycles. The highest BCUT2D eigenvalue weighted by atomic mass is 16.5. The van der Waals surface area contributed by atoms with Crippen molar-refractivity contribution in [3.8, 4) is 5.69 Å². The van der Waals surface area contributed by atoms with Gasteiger partial charge >= 0.3 is 0 Å². The molecular weight excluding hydrogens is 354 g/mol. The summed E-state index contributed by atoms with van der Waals surface area (Å²) in [5, 5.41) is 3.27. The molecule has 1 aromatic heterocycles. The van der Waals surface area contributed by atoms with Crippen molar-refractivity contribution in [3.05, 3.63) is 46.8 Å². The largest absolute Gasteiger partial charge is 0.382 e. The van der Waals surface area contributed by atoms with Crippen LogP contribution in [-0.2, 0) is 11.2 Å². The SMILES string of the molecule is COC(C)CNc1cc(-n2c(C)cc3c2CC(C)(C)CC3=O)ccc1C(N)=O. The molecule has 1 heterocycles. The maximum absolute atomic E-state index is 12.6. The minimum absolute atomic E-state index is 0.0103. The van der Waals surface area contributed by atoms with E-state index in [2.05, 4.69) is 23.7 Å². The molecule has 0 aliphatic heterocycles. The predicted octanol–water partition coefficient (Wildman–Crippen LogP) is 3.49. The van der Waals surface area contributed by atoms with Crippen molar-refractivity contribution in [1.29, 1.82) is 0 Å². The Morgan fingerprint density at radius 3 is 2.68 bits per heavy atom. The summed E-state index contributed by atoms with van der Waals surface area (Å²) < 4.78 is 7.40. The molecule has 150 valence electrons. The smallest absolute Gasteiger partial charge is 0.250 e. The Hall–Kier alpha value is -2.60. The lowest BCUT2D eigenvalue weighted by Crippen LogP contribution is -2.28. The zero-order chi connectivity index (χ0) is 20.6. The van der Waals surface area contributed by atoms with Crippen LogP contribution in [0.3, 0.4) is 0 Å². The summed E-state index contributed by atoms with van der Waals surface area (Å²) in [6.45, 7) is 8.74. The Balaban J connectivity index is 2.08. The molecule has 0 saturated carbocycles. The number of amides is 1. The number of aromatic nitrogens is 1. The van der Waals surface area contributed by atoms with Gasteiger partial charge in [0.2, 0.25) is 0 Å². The normalized spacial score (nSPS) is 16.5. The standard InChI is InChI=1S/C22H29N3O3/c1-13-8-17-19(10-22(3,4)11-20(17)26)25(13)15-6-7-16(21(23)27)18(9-15)24-12-14(2)28-5/h6-9,14,24H,10-12H2,1-5H3,(H2,23,27). The molecule has 1 aromatic carbocycles. The maximum atomic E-state index is 12.6. The first-order valence-corrected chi connectivity index (χ1v) is 9.58. The van der Waals surface area contributed by atoms with E-state index in [0.29, 0.717) is 24.2 Å². The number of carbonyl (C=O) groups is 2. The summed E-state index contributed by atoms with van der Waals surface area (Å²) >= 11 is 0. The van der Waals surface area contributed by atoms with Crippen molar-refractivity contribution in [2.75, 3.05) is 19.0 Å². The summed E-state index contributed by atoms with van der Waals surface area (Å²) in [6, 6.07) is 7.50. The molecule has 3 rings (SSSR count). The zero-order valence-electron chi connectivity index (χ0n) is 17.3. The monoisotopic (exact) mass is 383 g/mol. The van der Waals surface area contributed by atoms with E-state index in [1.165, 1.54) is 0 Å². The van der Waals surface area contributed by atoms with Crippen LogP contribution in [0.1, 0.15) is 59.3 Å². The Bertz CT molecular complexity index is 927. The molecule has 1 unspecified atom stereocenters. The van der Waals surface area contributed by atoms with Crippen molar-refractivity contribution in [2.45, 2.75) is 46.6 Å². The number of nitrogens with zero attached hydrogens (tertiary/aromatic N) is 1. The number of hydrogen-bond donors (Lipinski definition) is 2. The van der Waals surface area contributed by atoms with Gasteiger partial charge in [-0.15, -0.1) is 0 Å². The number of nitrogens with one attached hydrogen (secondary N) is 1. The van der Waals surface area contributed by atoms with E-state index in [9.17, 15) is 9.59 Å². The number of ketones is 1. The number of ether oxygens (including phenoxy) is 1. The minimum atomic E-state index is -0.485. The first-order chi connectivity index (χ1) is 13.1. The molecule has 6 nitrogen and oxygen atoms in total. The fourth-order valence-electron chi connectivity index (χ4n) is 3.88. The lowest BCUT2D eigenvalue weighted by Gasteiger charge is -2.30. The summed E-state index contributed by atoms with van der Waals surface area (Å²) in [5.41, 5.74) is 10.3. The van der Waals surface area contributed by atoms with Crippen LogP contribution in [0.15, 0.2) is 24.3 Å². The highest BCUT2D eigenvalue weighted by Crippen LogP contribution is 2.38. The van der Waals surface area contributed by atoms with Crippen LogP contribution in [-0.4, -0.2) is 36.0 Å². The molecule has 0 saturated heterocycles. The molecule has 6 heteroatoms. The predicted molar refractivity (Wildman–Crippen MR) is 110 cm³/mol. The third-order valence-corrected chi connectivity index (χ3v) is 5.38. The fraction of sp³-hybridized carbons (Fsp3) is 0.455. The lowest BCUT2D eigenvalue weighted by molar-refractivity contribution is 0.0910. The zero-order valence-corrected chi connectivity index (χ0v) is 17.3. The first-order valence-electron chi connectivity index (χ1n) is 9.58. The molecule has 0 fully saturated rings. The number of anilines is 1. The van der Waals surface area contributed by atoms with E-state index in [-0.39, 0.29) is 17.3 Å². The summed E-state index contributed by atoms with van der Waals surface area (Å²) in [5.74, 6) is -0.296. The second-order valence-corrected chi connectivity index (χ2v) is 8.44. The van der Waals surface area contributed by atoms with Gasteiger partial charge < -0.3 is 20.4 Å². The molecule has 28 heavy (non-hydrogen) atoms. The highest BCUT2D eigenvalue weighted by Gasteiger charge is 2.34. The Morgan fingerprint density at radius 1 is 1.32 bits per heavy atom. The van der Waals surface area contributed by atoms with Gasteiger partial charge in [0.05, 0.1) is 11.7 Å². The Labute approximate surface area is 166 Å². The van der Waals surface area contributed by atoms with Gasteiger partial charge in [-0.05, 0) is 49.9 Å². The average Bonchev–Trinajstić information content (AvgIpc) is 2.94. The molecule has 0 radical (unpaired) electrons. The van der Waals surface area contributed by atoms with Gasteiger partial charge in [0.25, 0.3) is 5.91 Å². The van der Waals surface area contributed by atoms with Gasteiger partial charge in [0.15, 0.2) is 5.78 Å². The Morgan fingerprint density at radius 2 is 2.04 bits per heavy atom. The molecule has 2 aromatic rings. The number of fused-ring (bicyclic) bond motifs is 1. The van der Waals surface area contributed by atoms with Gasteiger partial charge in [-0.3, -0.25) is 9.59 Å². The van der Waals surface area contributed by atoms with E-state index in [1.807, 2.05) is 32.0 Å². The lowest BCUT2D eigenvalue weighted by atomic mass is 9.76. The fourth-order valence-corrected chi connectivity index (χ4v) is 3.88. The van der Waals surface area contributed by atoms with Crippen molar-refractivity contribution in [1.82, 2.24) is 4.57 Å². The van der Waals surface area contributed by atoms with E-state index >= 15 is 0 Å². The second-order valence-electron chi connectivity index (χ2n) is 8.44.